The van der Waals surface area contributed by atoms with Gasteiger partial charge in [-0.2, -0.15) is 26.3 Å². The summed E-state index contributed by atoms with van der Waals surface area (Å²) in [6.07, 6.45) is -0.0562. The molecule has 0 spiro atoms. The maximum Gasteiger partial charge on any atom is 0.490 e. The van der Waals surface area contributed by atoms with Crippen LogP contribution in [-0.2, 0) is 16.1 Å². The van der Waals surface area contributed by atoms with Gasteiger partial charge in [0.1, 0.15) is 5.75 Å². The van der Waals surface area contributed by atoms with Crippen molar-refractivity contribution in [3.05, 3.63) is 84.7 Å². The van der Waals surface area contributed by atoms with Gasteiger partial charge in [-0.3, -0.25) is 9.88 Å². The molecule has 1 fully saturated rings. The summed E-state index contributed by atoms with van der Waals surface area (Å²) in [6, 6.07) is 17.1. The predicted octanol–water partition coefficient (Wildman–Crippen LogP) is 6.01. The van der Waals surface area contributed by atoms with Gasteiger partial charge in [0.2, 0.25) is 0 Å². The highest BCUT2D eigenvalue weighted by atomic mass is 19.4. The molecule has 1 aliphatic rings. The van der Waals surface area contributed by atoms with Crippen LogP contribution in [0.15, 0.2) is 73.4 Å². The third-order valence-corrected chi connectivity index (χ3v) is 6.24. The number of imidazole rings is 1. The lowest BCUT2D eigenvalue weighted by atomic mass is 10.1. The van der Waals surface area contributed by atoms with Gasteiger partial charge in [-0.25, -0.2) is 14.6 Å². The number of pyridine rings is 2. The molecule has 43 heavy (non-hydrogen) atoms. The molecule has 0 saturated carbocycles. The Kier molecular flexibility index (Phi) is 10.7. The number of methoxy groups -OCH3 is 1. The van der Waals surface area contributed by atoms with Gasteiger partial charge >= 0.3 is 24.3 Å². The second-order valence-corrected chi connectivity index (χ2v) is 9.17. The first-order chi connectivity index (χ1) is 20.2. The largest absolute Gasteiger partial charge is 0.497 e. The fourth-order valence-electron chi connectivity index (χ4n) is 4.31. The lowest BCUT2D eigenvalue weighted by Crippen LogP contribution is -2.23. The zero-order valence-corrected chi connectivity index (χ0v) is 22.5. The van der Waals surface area contributed by atoms with Crippen LogP contribution in [0.1, 0.15) is 30.1 Å². The van der Waals surface area contributed by atoms with Gasteiger partial charge in [0, 0.05) is 30.7 Å². The molecule has 2 N–H and O–H groups in total. The number of likely N-dealkylation sites (tertiary alicyclic amines) is 1. The highest BCUT2D eigenvalue weighted by molar-refractivity contribution is 5.73. The van der Waals surface area contributed by atoms with E-state index in [0.29, 0.717) is 6.04 Å². The molecular weight excluding hydrogens is 586 g/mol. The van der Waals surface area contributed by atoms with Gasteiger partial charge in [-0.15, -0.1) is 0 Å². The Hall–Kier alpha value is -4.66. The number of alkyl halides is 6. The van der Waals surface area contributed by atoms with Gasteiger partial charge in [0.25, 0.3) is 0 Å². The Balaban J connectivity index is 0.000000303. The average Bonchev–Trinajstić information content (AvgIpc) is 3.59. The number of halogens is 6. The minimum absolute atomic E-state index is 0.343. The fraction of sp³-hybridized carbons (Fsp3) is 0.286. The predicted molar refractivity (Wildman–Crippen MR) is 141 cm³/mol. The summed E-state index contributed by atoms with van der Waals surface area (Å²) in [6.45, 7) is 2.00. The number of fused-ring (bicyclic) bond motifs is 1. The van der Waals surface area contributed by atoms with E-state index in [-0.39, 0.29) is 0 Å². The Morgan fingerprint density at radius 2 is 1.65 bits per heavy atom. The molecule has 0 radical (unpaired) electrons. The smallest absolute Gasteiger partial charge is 0.490 e. The Labute approximate surface area is 241 Å². The van der Waals surface area contributed by atoms with Crippen molar-refractivity contribution >= 4 is 17.5 Å². The van der Waals surface area contributed by atoms with Gasteiger partial charge in [0.05, 0.1) is 30.7 Å². The van der Waals surface area contributed by atoms with Crippen LogP contribution in [0, 0.1) is 0 Å². The van der Waals surface area contributed by atoms with Gasteiger partial charge in [-0.1, -0.05) is 24.3 Å². The first-order valence-electron chi connectivity index (χ1n) is 12.5. The standard InChI is InChI=1S/C24H24N4O.2C2HF3O2/c1-29-21-7-2-5-18(13-21)15-27-12-4-8-22(27)24-23-10-9-20(16-28(23)17-26-24)19-6-3-11-25-14-19;2*3-2(4,5)1(6)7/h2-3,5-7,9-11,13-14,16-17,22H,4,8,12,15H2,1H3;2*(H,6,7). The zero-order chi connectivity index (χ0) is 31.8. The third-order valence-electron chi connectivity index (χ3n) is 6.24. The molecular formula is C28H26F6N4O5. The maximum absolute atomic E-state index is 10.6. The van der Waals surface area contributed by atoms with E-state index in [4.69, 9.17) is 29.5 Å². The van der Waals surface area contributed by atoms with E-state index < -0.39 is 24.3 Å². The van der Waals surface area contributed by atoms with Crippen molar-refractivity contribution in [1.29, 1.82) is 0 Å². The normalized spacial score (nSPS) is 15.2. The van der Waals surface area contributed by atoms with Crippen LogP contribution in [-0.4, -0.2) is 67.4 Å². The van der Waals surface area contributed by atoms with Crippen LogP contribution in [0.5, 0.6) is 5.75 Å². The lowest BCUT2D eigenvalue weighted by molar-refractivity contribution is -0.193. The maximum atomic E-state index is 10.6. The van der Waals surface area contributed by atoms with E-state index in [1.165, 1.54) is 23.2 Å². The molecule has 1 unspecified atom stereocenters. The minimum atomic E-state index is -5.08. The molecule has 4 aromatic rings. The Bertz CT molecular complexity index is 1500. The highest BCUT2D eigenvalue weighted by Gasteiger charge is 2.39. The summed E-state index contributed by atoms with van der Waals surface area (Å²) in [5.41, 5.74) is 5.89. The number of nitrogens with zero attached hydrogens (tertiary/aromatic N) is 4. The number of aliphatic carboxylic acids is 2. The summed E-state index contributed by atoms with van der Waals surface area (Å²) < 4.78 is 71.0. The molecule has 230 valence electrons. The van der Waals surface area contributed by atoms with Crippen LogP contribution in [0.25, 0.3) is 16.6 Å². The first kappa shape index (κ1) is 32.8. The summed E-state index contributed by atoms with van der Waals surface area (Å²) in [4.78, 5) is 29.4. The van der Waals surface area contributed by atoms with Gasteiger partial charge < -0.3 is 19.4 Å². The van der Waals surface area contributed by atoms with Crippen molar-refractivity contribution in [2.24, 2.45) is 0 Å². The Morgan fingerprint density at radius 3 is 2.23 bits per heavy atom. The summed E-state index contributed by atoms with van der Waals surface area (Å²) >= 11 is 0. The minimum Gasteiger partial charge on any atom is -0.497 e. The molecule has 5 rings (SSSR count). The van der Waals surface area contributed by atoms with Crippen molar-refractivity contribution in [3.63, 3.8) is 0 Å². The monoisotopic (exact) mass is 612 g/mol. The van der Waals surface area contributed by atoms with Crippen molar-refractivity contribution in [1.82, 2.24) is 19.3 Å². The molecule has 9 nitrogen and oxygen atoms in total. The molecule has 4 heterocycles. The number of ether oxygens (including phenoxy) is 1. The molecule has 1 aliphatic heterocycles. The molecule has 1 atom stereocenters. The highest BCUT2D eigenvalue weighted by Crippen LogP contribution is 2.35. The number of carboxylic acid groups (broad SMARTS) is 2. The third kappa shape index (κ3) is 9.16. The molecule has 0 bridgehead atoms. The van der Waals surface area contributed by atoms with Crippen LogP contribution in [0.4, 0.5) is 26.3 Å². The average molecular weight is 613 g/mol. The quantitative estimate of drug-likeness (QED) is 0.263. The van der Waals surface area contributed by atoms with E-state index in [2.05, 4.69) is 56.9 Å². The van der Waals surface area contributed by atoms with E-state index in [1.54, 1.807) is 13.3 Å². The van der Waals surface area contributed by atoms with Crippen LogP contribution < -0.4 is 4.74 Å². The number of carboxylic acids is 2. The number of rotatable bonds is 5. The van der Waals surface area contributed by atoms with Crippen LogP contribution in [0.3, 0.4) is 0 Å². The molecule has 15 heteroatoms. The second-order valence-electron chi connectivity index (χ2n) is 9.17. The SMILES string of the molecule is COc1cccc(CN2CCCC2c2ncn3cc(-c4cccnc4)ccc23)c1.O=C(O)C(F)(F)F.O=C(O)C(F)(F)F. The van der Waals surface area contributed by atoms with E-state index in [0.717, 1.165) is 36.4 Å². The van der Waals surface area contributed by atoms with Crippen LogP contribution >= 0.6 is 0 Å². The molecule has 1 aromatic carbocycles. The van der Waals surface area contributed by atoms with Crippen molar-refractivity contribution in [3.8, 4) is 16.9 Å². The second kappa shape index (κ2) is 14.0. The topological polar surface area (TPSA) is 117 Å². The van der Waals surface area contributed by atoms with Gasteiger partial charge in [-0.05, 0) is 54.8 Å². The number of carbonyl (C=O) groups is 2. The first-order valence-corrected chi connectivity index (χ1v) is 12.5. The van der Waals surface area contributed by atoms with E-state index >= 15 is 0 Å². The van der Waals surface area contributed by atoms with E-state index in [1.807, 2.05) is 24.7 Å². The van der Waals surface area contributed by atoms with Crippen molar-refractivity contribution in [2.75, 3.05) is 13.7 Å². The molecule has 1 saturated heterocycles. The molecule has 3 aromatic heterocycles. The van der Waals surface area contributed by atoms with Gasteiger partial charge in [0.15, 0.2) is 0 Å². The summed E-state index contributed by atoms with van der Waals surface area (Å²) in [5.74, 6) is -4.60. The van der Waals surface area contributed by atoms with Crippen LogP contribution in [0.2, 0.25) is 0 Å². The Morgan fingerprint density at radius 1 is 0.977 bits per heavy atom. The molecule has 0 amide bonds. The number of benzene rings is 1. The van der Waals surface area contributed by atoms with E-state index in [9.17, 15) is 26.3 Å². The lowest BCUT2D eigenvalue weighted by Gasteiger charge is -2.23. The zero-order valence-electron chi connectivity index (χ0n) is 22.5. The summed E-state index contributed by atoms with van der Waals surface area (Å²) in [7, 11) is 1.72. The fourth-order valence-corrected chi connectivity index (χ4v) is 4.31. The van der Waals surface area contributed by atoms with Crippen molar-refractivity contribution < 1.29 is 50.9 Å². The number of aromatic nitrogens is 3. The molecule has 0 aliphatic carbocycles. The number of hydrogen-bond acceptors (Lipinski definition) is 6. The van der Waals surface area contributed by atoms with Crippen molar-refractivity contribution in [2.45, 2.75) is 37.8 Å². The summed E-state index contributed by atoms with van der Waals surface area (Å²) in [5, 5.41) is 14.2. The number of hydrogen-bond donors (Lipinski definition) is 2.